The number of pyridine rings is 1. The first kappa shape index (κ1) is 15.2. The maximum atomic E-state index is 12.1. The summed E-state index contributed by atoms with van der Waals surface area (Å²) < 4.78 is 0. The van der Waals surface area contributed by atoms with Crippen molar-refractivity contribution in [3.8, 4) is 0 Å². The zero-order valence-electron chi connectivity index (χ0n) is 11.7. The Balaban J connectivity index is 2.35. The third-order valence-corrected chi connectivity index (χ3v) is 3.03. The van der Waals surface area contributed by atoms with Gasteiger partial charge in [0.15, 0.2) is 0 Å². The number of nitrogens with two attached hydrogens (primary N) is 1. The fourth-order valence-corrected chi connectivity index (χ4v) is 1.80. The van der Waals surface area contributed by atoms with Crippen molar-refractivity contribution in [1.29, 1.82) is 0 Å². The van der Waals surface area contributed by atoms with E-state index in [1.165, 1.54) is 13.0 Å². The Morgan fingerprint density at radius 3 is 2.45 bits per heavy atom. The molecule has 22 heavy (non-hydrogen) atoms. The molecule has 112 valence electrons. The number of carbonyl (C=O) groups excluding carboxylic acids is 2. The van der Waals surface area contributed by atoms with Crippen LogP contribution in [0.5, 0.6) is 0 Å². The van der Waals surface area contributed by atoms with Crippen LogP contribution >= 0.6 is 0 Å². The first-order valence-corrected chi connectivity index (χ1v) is 6.31. The predicted molar refractivity (Wildman–Crippen MR) is 78.7 cm³/mol. The largest absolute Gasteiger partial charge is 0.477 e. The van der Waals surface area contributed by atoms with Crippen molar-refractivity contribution < 1.29 is 19.5 Å². The smallest absolute Gasteiger partial charge is 0.352 e. The van der Waals surface area contributed by atoms with Gasteiger partial charge >= 0.3 is 5.97 Å². The van der Waals surface area contributed by atoms with Crippen LogP contribution in [0.2, 0.25) is 0 Å². The van der Waals surface area contributed by atoms with Crippen LogP contribution in [0.1, 0.15) is 17.4 Å². The van der Waals surface area contributed by atoms with Gasteiger partial charge in [-0.05, 0) is 19.1 Å². The number of para-hydroxylation sites is 1. The number of hydrogen-bond acceptors (Lipinski definition) is 4. The van der Waals surface area contributed by atoms with E-state index in [-0.39, 0.29) is 11.3 Å². The van der Waals surface area contributed by atoms with Crippen LogP contribution in [0.15, 0.2) is 47.7 Å². The second-order valence-electron chi connectivity index (χ2n) is 4.51. The van der Waals surface area contributed by atoms with Gasteiger partial charge in [-0.15, -0.1) is 0 Å². The van der Waals surface area contributed by atoms with E-state index in [4.69, 9.17) is 10.8 Å². The maximum absolute atomic E-state index is 12.1. The van der Waals surface area contributed by atoms with Crippen molar-refractivity contribution in [1.82, 2.24) is 10.3 Å². The Morgan fingerprint density at radius 1 is 1.14 bits per heavy atom. The van der Waals surface area contributed by atoms with Gasteiger partial charge in [0.25, 0.3) is 5.91 Å². The van der Waals surface area contributed by atoms with Gasteiger partial charge < -0.3 is 16.2 Å². The van der Waals surface area contributed by atoms with E-state index < -0.39 is 23.5 Å². The summed E-state index contributed by atoms with van der Waals surface area (Å²) in [6, 6.07) is 10.3. The van der Waals surface area contributed by atoms with Crippen LogP contribution in [-0.2, 0) is 9.59 Å². The molecule has 4 N–H and O–H groups in total. The van der Waals surface area contributed by atoms with Crippen LogP contribution in [0.4, 0.5) is 0 Å². The first-order chi connectivity index (χ1) is 10.4. The molecule has 0 aliphatic rings. The summed E-state index contributed by atoms with van der Waals surface area (Å²) in [6.45, 7) is 1.22. The number of aliphatic carboxylic acids is 1. The lowest BCUT2D eigenvalue weighted by Gasteiger charge is -2.08. The number of primary amides is 1. The van der Waals surface area contributed by atoms with E-state index in [9.17, 15) is 14.4 Å². The molecule has 0 fully saturated rings. The SMILES string of the molecule is C/C(C(N)=O)=C(\NC(=O)c1ccc2ccccc2n1)C(=O)O. The number of carboxylic acids is 1. The normalized spacial score (nSPS) is 11.7. The maximum Gasteiger partial charge on any atom is 0.352 e. The lowest BCUT2D eigenvalue weighted by Crippen LogP contribution is -2.31. The molecule has 2 rings (SSSR count). The molecule has 2 aromatic rings. The van der Waals surface area contributed by atoms with Gasteiger partial charge in [0, 0.05) is 11.0 Å². The zero-order valence-corrected chi connectivity index (χ0v) is 11.7. The highest BCUT2D eigenvalue weighted by atomic mass is 16.4. The Hall–Kier alpha value is -3.22. The molecular weight excluding hydrogens is 286 g/mol. The van der Waals surface area contributed by atoms with Crippen LogP contribution < -0.4 is 11.1 Å². The highest BCUT2D eigenvalue weighted by Gasteiger charge is 2.19. The van der Waals surface area contributed by atoms with Gasteiger partial charge in [-0.2, -0.15) is 0 Å². The van der Waals surface area contributed by atoms with Crippen molar-refractivity contribution >= 4 is 28.7 Å². The van der Waals surface area contributed by atoms with Gasteiger partial charge in [-0.3, -0.25) is 9.59 Å². The number of carbonyl (C=O) groups is 3. The molecule has 2 amide bonds. The van der Waals surface area contributed by atoms with Gasteiger partial charge in [-0.1, -0.05) is 24.3 Å². The van der Waals surface area contributed by atoms with Crippen LogP contribution in [0.25, 0.3) is 10.9 Å². The minimum Gasteiger partial charge on any atom is -0.477 e. The van der Waals surface area contributed by atoms with Crippen LogP contribution in [0.3, 0.4) is 0 Å². The topological polar surface area (TPSA) is 122 Å². The molecule has 1 aromatic carbocycles. The summed E-state index contributed by atoms with van der Waals surface area (Å²) in [5, 5.41) is 12.1. The lowest BCUT2D eigenvalue weighted by atomic mass is 10.2. The molecule has 0 spiro atoms. The molecule has 0 aliphatic carbocycles. The molecule has 1 aromatic heterocycles. The van der Waals surface area contributed by atoms with Crippen LogP contribution in [0, 0.1) is 0 Å². The van der Waals surface area contributed by atoms with E-state index >= 15 is 0 Å². The van der Waals surface area contributed by atoms with Crippen molar-refractivity contribution in [2.45, 2.75) is 6.92 Å². The molecule has 0 saturated carbocycles. The second kappa shape index (κ2) is 6.04. The minimum absolute atomic E-state index is 0.0368. The predicted octanol–water partition coefficient (Wildman–Crippen LogP) is 0.808. The zero-order chi connectivity index (χ0) is 16.3. The fourth-order valence-electron chi connectivity index (χ4n) is 1.80. The summed E-state index contributed by atoms with van der Waals surface area (Å²) >= 11 is 0. The molecule has 7 heteroatoms. The average molecular weight is 299 g/mol. The summed E-state index contributed by atoms with van der Waals surface area (Å²) in [7, 11) is 0. The summed E-state index contributed by atoms with van der Waals surface area (Å²) in [5.41, 5.74) is 4.86. The number of nitrogens with one attached hydrogen (secondary N) is 1. The van der Waals surface area contributed by atoms with E-state index in [0.717, 1.165) is 5.39 Å². The van der Waals surface area contributed by atoms with Crippen LogP contribution in [-0.4, -0.2) is 27.9 Å². The van der Waals surface area contributed by atoms with Crippen molar-refractivity contribution in [3.63, 3.8) is 0 Å². The second-order valence-corrected chi connectivity index (χ2v) is 4.51. The van der Waals surface area contributed by atoms with E-state index in [1.54, 1.807) is 18.2 Å². The monoisotopic (exact) mass is 299 g/mol. The molecular formula is C15H13N3O4. The molecule has 0 aliphatic heterocycles. The number of fused-ring (bicyclic) bond motifs is 1. The third-order valence-electron chi connectivity index (χ3n) is 3.03. The number of hydrogen-bond donors (Lipinski definition) is 3. The number of carboxylic acid groups (broad SMARTS) is 1. The van der Waals surface area contributed by atoms with E-state index in [0.29, 0.717) is 5.52 Å². The highest BCUT2D eigenvalue weighted by molar-refractivity contribution is 6.05. The Labute approximate surface area is 125 Å². The van der Waals surface area contributed by atoms with E-state index in [1.807, 2.05) is 12.1 Å². The molecule has 0 bridgehead atoms. The molecule has 0 radical (unpaired) electrons. The summed E-state index contributed by atoms with van der Waals surface area (Å²) in [4.78, 5) is 38.5. The summed E-state index contributed by atoms with van der Waals surface area (Å²) in [6.07, 6.45) is 0. The number of benzene rings is 1. The quantitative estimate of drug-likeness (QED) is 0.721. The minimum atomic E-state index is -1.45. The Morgan fingerprint density at radius 2 is 1.82 bits per heavy atom. The van der Waals surface area contributed by atoms with Gasteiger partial charge in [-0.25, -0.2) is 9.78 Å². The fraction of sp³-hybridized carbons (Fsp3) is 0.0667. The van der Waals surface area contributed by atoms with Crippen molar-refractivity contribution in [2.75, 3.05) is 0 Å². The highest BCUT2D eigenvalue weighted by Crippen LogP contribution is 2.12. The van der Waals surface area contributed by atoms with Gasteiger partial charge in [0.2, 0.25) is 5.91 Å². The standard InChI is InChI=1S/C15H13N3O4/c1-8(13(16)19)12(15(21)22)18-14(20)11-7-6-9-4-2-3-5-10(9)17-11/h2-7H,1H3,(H2,16,19)(H,18,20)(H,21,22)/b12-8+. The van der Waals surface area contributed by atoms with E-state index in [2.05, 4.69) is 10.3 Å². The van der Waals surface area contributed by atoms with Crippen molar-refractivity contribution in [2.24, 2.45) is 5.73 Å². The Bertz CT molecular complexity index is 811. The Kier molecular flexibility index (Phi) is 4.17. The first-order valence-electron chi connectivity index (χ1n) is 6.31. The van der Waals surface area contributed by atoms with Gasteiger partial charge in [0.05, 0.1) is 5.52 Å². The number of rotatable bonds is 4. The van der Waals surface area contributed by atoms with Crippen molar-refractivity contribution in [3.05, 3.63) is 53.4 Å². The molecule has 0 saturated heterocycles. The molecule has 1 heterocycles. The van der Waals surface area contributed by atoms with Gasteiger partial charge in [0.1, 0.15) is 11.4 Å². The third kappa shape index (κ3) is 3.09. The summed E-state index contributed by atoms with van der Waals surface area (Å²) in [5.74, 6) is -3.11. The number of nitrogens with zero attached hydrogens (tertiary/aromatic N) is 1. The molecule has 0 atom stereocenters. The number of aromatic nitrogens is 1. The lowest BCUT2D eigenvalue weighted by molar-refractivity contribution is -0.133. The molecule has 0 unspecified atom stereocenters. The average Bonchev–Trinajstić information content (AvgIpc) is 2.50. The molecule has 7 nitrogen and oxygen atoms in total. The number of amides is 2.